The van der Waals surface area contributed by atoms with Gasteiger partial charge in [-0.3, -0.25) is 0 Å². The van der Waals surface area contributed by atoms with Gasteiger partial charge in [0.25, 0.3) is 0 Å². The molecule has 0 radical (unpaired) electrons. The lowest BCUT2D eigenvalue weighted by atomic mass is 10.1. The summed E-state index contributed by atoms with van der Waals surface area (Å²) >= 11 is 3.24. The standard InChI is InChI=1S/C8H12BrN3/c1-4(2)7-6(10)5(3)11-8(9)12-7/h4H,10H2,1-3H3. The Morgan fingerprint density at radius 3 is 2.42 bits per heavy atom. The van der Waals surface area contributed by atoms with Crippen molar-refractivity contribution in [1.82, 2.24) is 9.97 Å². The van der Waals surface area contributed by atoms with Gasteiger partial charge in [-0.1, -0.05) is 13.8 Å². The summed E-state index contributed by atoms with van der Waals surface area (Å²) < 4.78 is 0.609. The van der Waals surface area contributed by atoms with Gasteiger partial charge in [-0.2, -0.15) is 0 Å². The number of hydrogen-bond acceptors (Lipinski definition) is 3. The molecule has 0 aliphatic rings. The number of aromatic nitrogens is 2. The maximum absolute atomic E-state index is 5.81. The lowest BCUT2D eigenvalue weighted by Crippen LogP contribution is -2.05. The predicted octanol–water partition coefficient (Wildman–Crippen LogP) is 2.25. The molecular weight excluding hydrogens is 218 g/mol. The van der Waals surface area contributed by atoms with Gasteiger partial charge in [-0.15, -0.1) is 0 Å². The summed E-state index contributed by atoms with van der Waals surface area (Å²) in [5, 5.41) is 0. The smallest absolute Gasteiger partial charge is 0.197 e. The number of halogens is 1. The summed E-state index contributed by atoms with van der Waals surface area (Å²) in [4.78, 5) is 8.31. The Morgan fingerprint density at radius 1 is 1.33 bits per heavy atom. The summed E-state index contributed by atoms with van der Waals surface area (Å²) in [6.07, 6.45) is 0. The monoisotopic (exact) mass is 229 g/mol. The first kappa shape index (κ1) is 9.45. The molecule has 0 saturated heterocycles. The highest BCUT2D eigenvalue weighted by molar-refractivity contribution is 9.10. The van der Waals surface area contributed by atoms with E-state index in [0.717, 1.165) is 11.4 Å². The van der Waals surface area contributed by atoms with Crippen LogP contribution in [0.3, 0.4) is 0 Å². The average molecular weight is 230 g/mol. The molecule has 0 amide bonds. The third-order valence-corrected chi connectivity index (χ3v) is 2.04. The van der Waals surface area contributed by atoms with Gasteiger partial charge in [0.15, 0.2) is 4.73 Å². The summed E-state index contributed by atoms with van der Waals surface area (Å²) in [5.74, 6) is 0.336. The van der Waals surface area contributed by atoms with E-state index in [-0.39, 0.29) is 0 Å². The first-order chi connectivity index (χ1) is 5.52. The van der Waals surface area contributed by atoms with Crippen molar-refractivity contribution in [2.75, 3.05) is 5.73 Å². The van der Waals surface area contributed by atoms with E-state index >= 15 is 0 Å². The van der Waals surface area contributed by atoms with Gasteiger partial charge in [0.1, 0.15) is 0 Å². The lowest BCUT2D eigenvalue weighted by molar-refractivity contribution is 0.806. The van der Waals surface area contributed by atoms with E-state index in [9.17, 15) is 0 Å². The molecule has 1 heterocycles. The number of hydrogen-bond donors (Lipinski definition) is 1. The second-order valence-electron chi connectivity index (χ2n) is 3.03. The van der Waals surface area contributed by atoms with Gasteiger partial charge in [0.2, 0.25) is 0 Å². The first-order valence-corrected chi connectivity index (χ1v) is 4.61. The van der Waals surface area contributed by atoms with Crippen LogP contribution in [-0.4, -0.2) is 9.97 Å². The molecule has 0 aliphatic heterocycles. The van der Waals surface area contributed by atoms with Crippen LogP contribution in [0.5, 0.6) is 0 Å². The van der Waals surface area contributed by atoms with E-state index in [1.54, 1.807) is 0 Å². The molecule has 0 atom stereocenters. The topological polar surface area (TPSA) is 51.8 Å². The Hall–Kier alpha value is -0.640. The molecule has 12 heavy (non-hydrogen) atoms. The summed E-state index contributed by atoms with van der Waals surface area (Å²) in [6.45, 7) is 6.00. The van der Waals surface area contributed by atoms with E-state index in [4.69, 9.17) is 5.73 Å². The maximum atomic E-state index is 5.81. The van der Waals surface area contributed by atoms with E-state index in [1.165, 1.54) is 0 Å². The zero-order chi connectivity index (χ0) is 9.30. The quantitative estimate of drug-likeness (QED) is 0.752. The minimum Gasteiger partial charge on any atom is -0.396 e. The van der Waals surface area contributed by atoms with Crippen LogP contribution in [-0.2, 0) is 0 Å². The van der Waals surface area contributed by atoms with E-state index in [2.05, 4.69) is 39.7 Å². The van der Waals surface area contributed by atoms with Crippen LogP contribution in [0.1, 0.15) is 31.2 Å². The normalized spacial score (nSPS) is 10.8. The van der Waals surface area contributed by atoms with Crippen molar-refractivity contribution in [1.29, 1.82) is 0 Å². The Bertz CT molecular complexity index is 297. The van der Waals surface area contributed by atoms with E-state index in [1.807, 2.05) is 6.92 Å². The van der Waals surface area contributed by atoms with Crippen LogP contribution < -0.4 is 5.73 Å². The number of anilines is 1. The fourth-order valence-corrected chi connectivity index (χ4v) is 1.47. The highest BCUT2D eigenvalue weighted by Gasteiger charge is 2.10. The van der Waals surface area contributed by atoms with Crippen LogP contribution in [0.2, 0.25) is 0 Å². The molecule has 3 nitrogen and oxygen atoms in total. The Morgan fingerprint density at radius 2 is 1.92 bits per heavy atom. The van der Waals surface area contributed by atoms with Crippen molar-refractivity contribution in [3.05, 3.63) is 16.1 Å². The molecule has 66 valence electrons. The highest BCUT2D eigenvalue weighted by Crippen LogP contribution is 2.22. The molecule has 4 heteroatoms. The number of rotatable bonds is 1. The molecule has 0 aromatic carbocycles. The van der Waals surface area contributed by atoms with Gasteiger partial charge in [-0.05, 0) is 28.8 Å². The molecule has 1 aromatic rings. The molecule has 0 spiro atoms. The third kappa shape index (κ3) is 1.75. The van der Waals surface area contributed by atoms with Gasteiger partial charge in [0.05, 0.1) is 17.1 Å². The van der Waals surface area contributed by atoms with Crippen LogP contribution in [0, 0.1) is 6.92 Å². The Balaban J connectivity index is 3.28. The average Bonchev–Trinajstić information content (AvgIpc) is 1.96. The number of aryl methyl sites for hydroxylation is 1. The molecule has 0 unspecified atom stereocenters. The first-order valence-electron chi connectivity index (χ1n) is 3.82. The van der Waals surface area contributed by atoms with Crippen molar-refractivity contribution >= 4 is 21.6 Å². The largest absolute Gasteiger partial charge is 0.396 e. The maximum Gasteiger partial charge on any atom is 0.197 e. The zero-order valence-corrected chi connectivity index (χ0v) is 9.01. The Kier molecular flexibility index (Phi) is 2.67. The minimum absolute atomic E-state index is 0.336. The molecule has 0 saturated carbocycles. The Labute approximate surface area is 80.5 Å². The third-order valence-electron chi connectivity index (χ3n) is 1.69. The molecule has 1 aromatic heterocycles. The van der Waals surface area contributed by atoms with Crippen molar-refractivity contribution in [2.24, 2.45) is 0 Å². The van der Waals surface area contributed by atoms with Gasteiger partial charge < -0.3 is 5.73 Å². The molecule has 2 N–H and O–H groups in total. The van der Waals surface area contributed by atoms with E-state index < -0.39 is 0 Å². The van der Waals surface area contributed by atoms with Gasteiger partial charge >= 0.3 is 0 Å². The molecule has 0 fully saturated rings. The summed E-state index contributed by atoms with van der Waals surface area (Å²) in [6, 6.07) is 0. The van der Waals surface area contributed by atoms with Crippen LogP contribution >= 0.6 is 15.9 Å². The lowest BCUT2D eigenvalue weighted by Gasteiger charge is -2.09. The van der Waals surface area contributed by atoms with Gasteiger partial charge in [0, 0.05) is 0 Å². The fraction of sp³-hybridized carbons (Fsp3) is 0.500. The number of nitrogens with zero attached hydrogens (tertiary/aromatic N) is 2. The van der Waals surface area contributed by atoms with Crippen molar-refractivity contribution in [3.8, 4) is 0 Å². The zero-order valence-electron chi connectivity index (χ0n) is 7.43. The van der Waals surface area contributed by atoms with Crippen LogP contribution in [0.25, 0.3) is 0 Å². The number of nitrogen functional groups attached to an aromatic ring is 1. The number of nitrogens with two attached hydrogens (primary N) is 1. The fourth-order valence-electron chi connectivity index (χ4n) is 1.01. The summed E-state index contributed by atoms with van der Waals surface area (Å²) in [5.41, 5.74) is 8.25. The van der Waals surface area contributed by atoms with Crippen molar-refractivity contribution in [2.45, 2.75) is 26.7 Å². The SMILES string of the molecule is Cc1nc(Br)nc(C(C)C)c1N. The predicted molar refractivity (Wildman–Crippen MR) is 53.0 cm³/mol. The molecular formula is C8H12BrN3. The second kappa shape index (κ2) is 3.39. The van der Waals surface area contributed by atoms with Crippen molar-refractivity contribution in [3.63, 3.8) is 0 Å². The van der Waals surface area contributed by atoms with Crippen LogP contribution in [0.4, 0.5) is 5.69 Å². The molecule has 1 rings (SSSR count). The van der Waals surface area contributed by atoms with Gasteiger partial charge in [-0.25, -0.2) is 9.97 Å². The second-order valence-corrected chi connectivity index (χ2v) is 3.74. The van der Waals surface area contributed by atoms with Crippen molar-refractivity contribution < 1.29 is 0 Å². The van der Waals surface area contributed by atoms with E-state index in [0.29, 0.717) is 16.3 Å². The molecule has 0 aliphatic carbocycles. The highest BCUT2D eigenvalue weighted by atomic mass is 79.9. The van der Waals surface area contributed by atoms with Crippen LogP contribution in [0.15, 0.2) is 4.73 Å². The molecule has 0 bridgehead atoms. The summed E-state index contributed by atoms with van der Waals surface area (Å²) in [7, 11) is 0. The minimum atomic E-state index is 0.336.